The second kappa shape index (κ2) is 24.2. The van der Waals surface area contributed by atoms with Crippen LogP contribution in [0.1, 0.15) is 62.5 Å². The van der Waals surface area contributed by atoms with E-state index in [1.807, 2.05) is 24.3 Å². The summed E-state index contributed by atoms with van der Waals surface area (Å²) >= 11 is 28.9. The lowest BCUT2D eigenvalue weighted by Crippen LogP contribution is -2.27. The minimum Gasteiger partial charge on any atom is -0.449 e. The normalized spacial score (nSPS) is 11.5. The van der Waals surface area contributed by atoms with Crippen LogP contribution in [0.5, 0.6) is 0 Å². The van der Waals surface area contributed by atoms with Crippen molar-refractivity contribution in [2.75, 3.05) is 21.7 Å². The monoisotopic (exact) mass is 1380 g/mol. The lowest BCUT2D eigenvalue weighted by atomic mass is 10.1. The number of aromatic nitrogens is 4. The average Bonchev–Trinajstić information content (AvgIpc) is 2.64. The number of anilines is 4. The van der Waals surface area contributed by atoms with E-state index >= 15 is 0 Å². The highest BCUT2D eigenvalue weighted by Gasteiger charge is 2.25. The van der Waals surface area contributed by atoms with Gasteiger partial charge in [-0.1, -0.05) is 82.6 Å². The van der Waals surface area contributed by atoms with Crippen molar-refractivity contribution in [3.63, 3.8) is 0 Å². The van der Waals surface area contributed by atoms with Crippen molar-refractivity contribution >= 4 is 184 Å². The van der Waals surface area contributed by atoms with Crippen LogP contribution >= 0.6 is 82.6 Å². The first-order chi connectivity index (χ1) is 39.6. The molecule has 0 saturated carbocycles. The Morgan fingerprint density at radius 2 is 0.976 bits per heavy atom. The van der Waals surface area contributed by atoms with E-state index in [0.29, 0.717) is 87.1 Å². The van der Waals surface area contributed by atoms with Gasteiger partial charge < -0.3 is 49.5 Å². The lowest BCUT2D eigenvalue weighted by Gasteiger charge is -2.20. The average molecular weight is 1390 g/mol. The Morgan fingerprint density at radius 1 is 0.548 bits per heavy atom. The van der Waals surface area contributed by atoms with E-state index in [0.717, 1.165) is 14.3 Å². The molecule has 0 saturated heterocycles. The fourth-order valence-electron chi connectivity index (χ4n) is 8.18. The second-order valence-corrected chi connectivity index (χ2v) is 24.3. The lowest BCUT2D eigenvalue weighted by molar-refractivity contribution is 0.0624. The number of nitrogen functional groups attached to an aromatic ring is 1. The summed E-state index contributed by atoms with van der Waals surface area (Å²) < 4.78 is 29.6. The maximum absolute atomic E-state index is 13.0. The number of halogens is 6. The van der Waals surface area contributed by atoms with Gasteiger partial charge in [-0.3, -0.25) is 29.8 Å². The molecule has 9 N–H and O–H groups in total. The molecule has 11 aromatic rings. The zero-order valence-corrected chi connectivity index (χ0v) is 51.7. The number of fused-ring (bicyclic) bond motifs is 7. The number of aromatic amines is 2. The maximum atomic E-state index is 13.0. The number of nitrogens with one attached hydrogen (secondary N) is 5. The molecular weight excluding hydrogens is 1340 g/mol. The third-order valence-electron chi connectivity index (χ3n) is 11.7. The molecule has 11 rings (SSSR count). The first kappa shape index (κ1) is 60.4. The molecule has 5 heterocycles. The highest BCUT2D eigenvalue weighted by atomic mass is 79.9. The number of rotatable bonds is 7. The van der Waals surface area contributed by atoms with Crippen LogP contribution in [-0.4, -0.2) is 55.1 Å². The number of H-pyrrole nitrogens is 2. The second-order valence-electron chi connectivity index (χ2n) is 20.3. The van der Waals surface area contributed by atoms with Gasteiger partial charge in [-0.25, -0.2) is 19.6 Å². The van der Waals surface area contributed by atoms with Gasteiger partial charge in [0.15, 0.2) is 0 Å². The Bertz CT molecular complexity index is 4600. The number of hydrogen-bond donors (Lipinski definition) is 7. The number of nitrogens with two attached hydrogens (primary N) is 2. The summed E-state index contributed by atoms with van der Waals surface area (Å²) in [6.07, 6.45) is -1.28. The van der Waals surface area contributed by atoms with Crippen molar-refractivity contribution in [3.8, 4) is 22.8 Å². The quantitative estimate of drug-likeness (QED) is 0.0730. The number of ether oxygens (including phenoxy) is 2. The number of furan rings is 3. The van der Waals surface area contributed by atoms with Crippen LogP contribution in [0.2, 0.25) is 15.1 Å². The number of hydrogen-bond acceptors (Lipinski definition) is 14. The Hall–Kier alpha value is -8.19. The predicted octanol–water partition coefficient (Wildman–Crippen LogP) is 16.0. The molecule has 0 unspecified atom stereocenters. The highest BCUT2D eigenvalue weighted by molar-refractivity contribution is 9.11. The van der Waals surface area contributed by atoms with E-state index in [1.165, 1.54) is 18.2 Å². The molecule has 0 aliphatic heterocycles. The minimum absolute atomic E-state index is 0.0648. The zero-order chi connectivity index (χ0) is 60.7. The van der Waals surface area contributed by atoms with Gasteiger partial charge in [0.1, 0.15) is 56.3 Å². The smallest absolute Gasteiger partial charge is 0.412 e. The Balaban J connectivity index is 0.000000153. The summed E-state index contributed by atoms with van der Waals surface area (Å²) in [5.41, 5.74) is 14.3. The topological polar surface area (TPSA) is 306 Å². The number of nitrogens with zero attached hydrogens (tertiary/aromatic N) is 2. The molecule has 4 amide bonds. The fraction of sp³-hybridized carbons (Fsp3) is 0.138. The predicted molar refractivity (Wildman–Crippen MR) is 337 cm³/mol. The number of primary amides is 1. The first-order valence-corrected chi connectivity index (χ1v) is 28.3. The van der Waals surface area contributed by atoms with Gasteiger partial charge in [0, 0.05) is 57.8 Å². The van der Waals surface area contributed by atoms with E-state index < -0.39 is 40.8 Å². The van der Waals surface area contributed by atoms with E-state index in [1.54, 1.807) is 108 Å². The molecule has 6 aromatic carbocycles. The van der Waals surface area contributed by atoms with Gasteiger partial charge in [0.05, 0.1) is 20.6 Å². The molecule has 0 spiro atoms. The van der Waals surface area contributed by atoms with E-state index in [-0.39, 0.29) is 44.6 Å². The molecule has 0 aliphatic carbocycles. The molecule has 0 bridgehead atoms. The number of benzene rings is 6. The third kappa shape index (κ3) is 13.9. The summed E-state index contributed by atoms with van der Waals surface area (Å²) in [5, 5.41) is 10.7. The molecule has 430 valence electrons. The maximum Gasteiger partial charge on any atom is 0.412 e. The minimum atomic E-state index is -0.839. The molecule has 0 aliphatic rings. The molecule has 26 heteroatoms. The highest BCUT2D eigenvalue weighted by Crippen LogP contribution is 2.37. The van der Waals surface area contributed by atoms with E-state index in [4.69, 9.17) is 69.0 Å². The van der Waals surface area contributed by atoms with Crippen LogP contribution in [0.4, 0.5) is 32.3 Å². The van der Waals surface area contributed by atoms with Gasteiger partial charge in [-0.2, -0.15) is 0 Å². The van der Waals surface area contributed by atoms with Crippen LogP contribution < -0.4 is 38.5 Å². The van der Waals surface area contributed by atoms with Gasteiger partial charge in [0.25, 0.3) is 22.9 Å². The summed E-state index contributed by atoms with van der Waals surface area (Å²) in [7, 11) is 0. The molecule has 20 nitrogen and oxygen atoms in total. The summed E-state index contributed by atoms with van der Waals surface area (Å²) in [6, 6.07) is 30.2. The molecule has 84 heavy (non-hydrogen) atoms. The van der Waals surface area contributed by atoms with Crippen LogP contribution in [-0.2, 0) is 9.47 Å². The zero-order valence-electron chi connectivity index (χ0n) is 44.7. The third-order valence-corrected chi connectivity index (χ3v) is 14.1. The first-order valence-electron chi connectivity index (χ1n) is 24.8. The van der Waals surface area contributed by atoms with Crippen molar-refractivity contribution < 1.29 is 41.9 Å². The van der Waals surface area contributed by atoms with E-state index in [9.17, 15) is 28.8 Å². The number of amides is 4. The summed E-state index contributed by atoms with van der Waals surface area (Å²) in [5.74, 6) is -1.05. The van der Waals surface area contributed by atoms with Crippen molar-refractivity contribution in [1.29, 1.82) is 0 Å². The summed E-state index contributed by atoms with van der Waals surface area (Å²) in [4.78, 5) is 88.4. The van der Waals surface area contributed by atoms with Gasteiger partial charge in [-0.15, -0.1) is 0 Å². The van der Waals surface area contributed by atoms with Crippen LogP contribution in [0.3, 0.4) is 0 Å². The largest absolute Gasteiger partial charge is 0.449 e. The van der Waals surface area contributed by atoms with Crippen molar-refractivity contribution in [1.82, 2.24) is 19.9 Å². The van der Waals surface area contributed by atoms with Crippen molar-refractivity contribution in [3.05, 3.63) is 170 Å². The van der Waals surface area contributed by atoms with Gasteiger partial charge >= 0.3 is 12.2 Å². The Labute approximate surface area is 515 Å². The number of carbonyl (C=O) groups excluding carboxylic acids is 4. The fourth-order valence-corrected chi connectivity index (χ4v) is 9.88. The summed E-state index contributed by atoms with van der Waals surface area (Å²) in [6.45, 7) is 10.5. The Morgan fingerprint density at radius 3 is 1.45 bits per heavy atom. The van der Waals surface area contributed by atoms with Gasteiger partial charge in [-0.05, 0) is 151 Å². The SMILES string of the molecule is CC(C)(C)OC(=O)Nc1ccc(Cl)c(-c2nc3c(oc4ccc(Br)cc43)c(=O)[nH]2)c1.CC(C)(C)OC(=O)Nc1ccc(Cl)c(C(=O)Nc2c(C(N)=O)oc3ccc(Br)cc23)c1.Nc1ccc(Cl)c(-c2nc3c(oc4ccc(Br)cc43)c(=O)[nH]2)c1. The van der Waals surface area contributed by atoms with E-state index in [2.05, 4.69) is 83.7 Å². The van der Waals surface area contributed by atoms with Crippen LogP contribution in [0, 0.1) is 0 Å². The molecule has 5 aromatic heterocycles. The van der Waals surface area contributed by atoms with Gasteiger partial charge in [0.2, 0.25) is 16.9 Å². The molecule has 0 fully saturated rings. The standard InChI is InChI=1S/C21H19BrClN3O5.C21H17BrClN3O4.C16H9BrClN3O2/c1-21(2,3)31-20(29)25-11-5-6-14(23)12(9-11)19(28)26-16-13-8-10(22)4-7-15(13)30-17(16)18(24)27;1-21(2,3)30-20(28)24-11-5-6-14(23)12(9-11)18-25-16-13-8-10(22)4-7-15(13)29-17(16)19(27)26-18;17-7-1-4-12-10(5-7)13-14(23-12)16(22)21-15(20-13)9-6-8(19)2-3-11(9)18/h4-9H,1-3H3,(H2,24,27)(H,25,29)(H,26,28);4-9H,1-3H3,(H,24,28)(H,25,26,27);1-6H,19H2,(H,20,21,22). The Kier molecular flexibility index (Phi) is 17.4. The molecular formula is C58H45Br3Cl3N9O11. The van der Waals surface area contributed by atoms with Crippen LogP contribution in [0.15, 0.2) is 145 Å². The van der Waals surface area contributed by atoms with Crippen molar-refractivity contribution in [2.24, 2.45) is 5.73 Å². The number of carbonyl (C=O) groups is 4. The molecule has 0 atom stereocenters. The molecule has 0 radical (unpaired) electrons. The van der Waals surface area contributed by atoms with Crippen LogP contribution in [0.25, 0.3) is 77.9 Å². The van der Waals surface area contributed by atoms with Crippen molar-refractivity contribution in [2.45, 2.75) is 52.7 Å².